The average molecular weight is 452 g/mol. The van der Waals surface area contributed by atoms with Gasteiger partial charge >= 0.3 is 6.61 Å². The summed E-state index contributed by atoms with van der Waals surface area (Å²) in [6.07, 6.45) is 0. The summed E-state index contributed by atoms with van der Waals surface area (Å²) in [6, 6.07) is 27.4. The molecule has 1 unspecified atom stereocenters. The number of nitrogens with one attached hydrogen (secondary N) is 1. The van der Waals surface area contributed by atoms with Gasteiger partial charge in [0.2, 0.25) is 0 Å². The molecule has 4 aromatic carbocycles. The predicted octanol–water partition coefficient (Wildman–Crippen LogP) is 8.17. The minimum absolute atomic E-state index is 0.0776. The summed E-state index contributed by atoms with van der Waals surface area (Å²) < 4.78 is 29.5. The third-order valence-electron chi connectivity index (χ3n) is 5.62. The van der Waals surface area contributed by atoms with Gasteiger partial charge in [0.1, 0.15) is 5.75 Å². The van der Waals surface area contributed by atoms with Crippen molar-refractivity contribution in [3.63, 3.8) is 0 Å². The molecule has 1 N–H and O–H groups in total. The van der Waals surface area contributed by atoms with Gasteiger partial charge in [0.05, 0.1) is 0 Å². The van der Waals surface area contributed by atoms with Gasteiger partial charge in [-0.15, -0.1) is 0 Å². The van der Waals surface area contributed by atoms with E-state index in [1.807, 2.05) is 42.5 Å². The van der Waals surface area contributed by atoms with Crippen LogP contribution >= 0.6 is 11.6 Å². The van der Waals surface area contributed by atoms with Gasteiger partial charge in [0, 0.05) is 17.1 Å². The Morgan fingerprint density at radius 3 is 2.22 bits per heavy atom. The SMILES string of the molecule is CC(N[C@H](C)c1cccc(Cl)c1)c1cc(-c2ccc(OC(F)F)cc2)c2ccccc2c1. The Morgan fingerprint density at radius 2 is 1.50 bits per heavy atom. The first-order valence-corrected chi connectivity index (χ1v) is 10.9. The summed E-state index contributed by atoms with van der Waals surface area (Å²) in [4.78, 5) is 0. The molecular weight excluding hydrogens is 428 g/mol. The van der Waals surface area contributed by atoms with Crippen molar-refractivity contribution >= 4 is 22.4 Å². The molecule has 0 bridgehead atoms. The highest BCUT2D eigenvalue weighted by molar-refractivity contribution is 6.30. The van der Waals surface area contributed by atoms with E-state index < -0.39 is 6.61 Å². The second-order valence-electron chi connectivity index (χ2n) is 7.86. The minimum Gasteiger partial charge on any atom is -0.435 e. The number of halogens is 3. The zero-order chi connectivity index (χ0) is 22.7. The number of fused-ring (bicyclic) bond motifs is 1. The molecule has 0 aliphatic carbocycles. The molecule has 164 valence electrons. The fourth-order valence-corrected chi connectivity index (χ4v) is 4.18. The van der Waals surface area contributed by atoms with E-state index >= 15 is 0 Å². The van der Waals surface area contributed by atoms with Crippen LogP contribution < -0.4 is 10.1 Å². The van der Waals surface area contributed by atoms with Crippen molar-refractivity contribution < 1.29 is 13.5 Å². The summed E-state index contributed by atoms with van der Waals surface area (Å²) >= 11 is 6.16. The smallest absolute Gasteiger partial charge is 0.387 e. The van der Waals surface area contributed by atoms with E-state index in [0.717, 1.165) is 38.0 Å². The van der Waals surface area contributed by atoms with Gasteiger partial charge in [-0.2, -0.15) is 8.78 Å². The van der Waals surface area contributed by atoms with Crippen LogP contribution in [-0.4, -0.2) is 6.61 Å². The normalized spacial score (nSPS) is 13.3. The molecule has 0 aliphatic rings. The van der Waals surface area contributed by atoms with E-state index in [2.05, 4.69) is 54.2 Å². The number of rotatable bonds is 7. The predicted molar refractivity (Wildman–Crippen MR) is 127 cm³/mol. The van der Waals surface area contributed by atoms with E-state index in [4.69, 9.17) is 11.6 Å². The number of benzene rings is 4. The fourth-order valence-electron chi connectivity index (χ4n) is 3.98. The largest absolute Gasteiger partial charge is 0.435 e. The third kappa shape index (κ3) is 5.09. The van der Waals surface area contributed by atoms with E-state index in [1.54, 1.807) is 12.1 Å². The average Bonchev–Trinajstić information content (AvgIpc) is 2.78. The molecule has 0 aliphatic heterocycles. The van der Waals surface area contributed by atoms with Crippen LogP contribution in [0.25, 0.3) is 21.9 Å². The van der Waals surface area contributed by atoms with Gasteiger partial charge in [0.15, 0.2) is 0 Å². The van der Waals surface area contributed by atoms with Gasteiger partial charge < -0.3 is 10.1 Å². The highest BCUT2D eigenvalue weighted by Gasteiger charge is 2.15. The standard InChI is InChI=1S/C27H24ClF2NO/c1-17(20-7-5-8-23(28)15-20)31-18(2)22-14-21-6-3-4-9-25(21)26(16-22)19-10-12-24(13-11-19)32-27(29)30/h3-18,27,31H,1-2H3/t17-,18?/m1/s1. The number of hydrogen-bond acceptors (Lipinski definition) is 2. The van der Waals surface area contributed by atoms with Crippen molar-refractivity contribution in [3.8, 4) is 16.9 Å². The lowest BCUT2D eigenvalue weighted by atomic mass is 9.93. The Kier molecular flexibility index (Phi) is 6.73. The maximum atomic E-state index is 12.5. The van der Waals surface area contributed by atoms with Crippen molar-refractivity contribution in [1.29, 1.82) is 0 Å². The van der Waals surface area contributed by atoms with Crippen LogP contribution in [-0.2, 0) is 0 Å². The van der Waals surface area contributed by atoms with Gasteiger partial charge in [-0.05, 0) is 83.3 Å². The summed E-state index contributed by atoms with van der Waals surface area (Å²) in [6.45, 7) is 1.42. The monoisotopic (exact) mass is 451 g/mol. The maximum Gasteiger partial charge on any atom is 0.387 e. The zero-order valence-electron chi connectivity index (χ0n) is 17.9. The van der Waals surface area contributed by atoms with Gasteiger partial charge in [-0.1, -0.05) is 60.1 Å². The molecule has 0 saturated heterocycles. The molecule has 32 heavy (non-hydrogen) atoms. The summed E-state index contributed by atoms with van der Waals surface area (Å²) in [5.74, 6) is 0.148. The molecule has 0 fully saturated rings. The molecule has 4 aromatic rings. The van der Waals surface area contributed by atoms with E-state index in [-0.39, 0.29) is 17.8 Å². The zero-order valence-corrected chi connectivity index (χ0v) is 18.6. The lowest BCUT2D eigenvalue weighted by Crippen LogP contribution is -2.22. The molecular formula is C27H24ClF2NO. The second-order valence-corrected chi connectivity index (χ2v) is 8.29. The van der Waals surface area contributed by atoms with Crippen LogP contribution in [0.3, 0.4) is 0 Å². The Hall–Kier alpha value is -2.95. The molecule has 0 amide bonds. The topological polar surface area (TPSA) is 21.3 Å². The van der Waals surface area contributed by atoms with Crippen LogP contribution in [0.5, 0.6) is 5.75 Å². The Labute approximate surface area is 191 Å². The molecule has 2 atom stereocenters. The van der Waals surface area contributed by atoms with Crippen molar-refractivity contribution in [3.05, 3.63) is 101 Å². The van der Waals surface area contributed by atoms with Crippen molar-refractivity contribution in [1.82, 2.24) is 5.32 Å². The Balaban J connectivity index is 1.67. The number of alkyl halides is 2. The van der Waals surface area contributed by atoms with Crippen LogP contribution in [0.2, 0.25) is 5.02 Å². The van der Waals surface area contributed by atoms with E-state index in [1.165, 1.54) is 0 Å². The molecule has 0 radical (unpaired) electrons. The molecule has 2 nitrogen and oxygen atoms in total. The highest BCUT2D eigenvalue weighted by atomic mass is 35.5. The van der Waals surface area contributed by atoms with Crippen molar-refractivity contribution in [2.45, 2.75) is 32.5 Å². The van der Waals surface area contributed by atoms with Crippen LogP contribution in [0, 0.1) is 0 Å². The number of ether oxygens (including phenoxy) is 1. The second kappa shape index (κ2) is 9.68. The Bertz CT molecular complexity index is 1210. The molecule has 0 spiro atoms. The van der Waals surface area contributed by atoms with Gasteiger partial charge in [-0.25, -0.2) is 0 Å². The summed E-state index contributed by atoms with van der Waals surface area (Å²) in [5, 5.41) is 6.60. The molecule has 4 rings (SSSR count). The molecule has 0 saturated carbocycles. The first-order chi connectivity index (χ1) is 15.4. The first-order valence-electron chi connectivity index (χ1n) is 10.5. The Morgan fingerprint density at radius 1 is 0.781 bits per heavy atom. The van der Waals surface area contributed by atoms with Crippen LogP contribution in [0.15, 0.2) is 84.9 Å². The fraction of sp³-hybridized carbons (Fsp3) is 0.185. The minimum atomic E-state index is -2.83. The highest BCUT2D eigenvalue weighted by Crippen LogP contribution is 2.34. The number of hydrogen-bond donors (Lipinski definition) is 1. The maximum absolute atomic E-state index is 12.5. The quantitative estimate of drug-likeness (QED) is 0.306. The third-order valence-corrected chi connectivity index (χ3v) is 5.86. The van der Waals surface area contributed by atoms with E-state index in [9.17, 15) is 8.78 Å². The van der Waals surface area contributed by atoms with Gasteiger partial charge in [-0.3, -0.25) is 0 Å². The lowest BCUT2D eigenvalue weighted by Gasteiger charge is -2.22. The van der Waals surface area contributed by atoms with E-state index in [0.29, 0.717) is 0 Å². The van der Waals surface area contributed by atoms with Crippen LogP contribution in [0.1, 0.15) is 37.1 Å². The lowest BCUT2D eigenvalue weighted by molar-refractivity contribution is -0.0498. The molecule has 0 aromatic heterocycles. The van der Waals surface area contributed by atoms with Crippen molar-refractivity contribution in [2.75, 3.05) is 0 Å². The van der Waals surface area contributed by atoms with Crippen molar-refractivity contribution in [2.24, 2.45) is 0 Å². The summed E-state index contributed by atoms with van der Waals surface area (Å²) in [7, 11) is 0. The van der Waals surface area contributed by atoms with Gasteiger partial charge in [0.25, 0.3) is 0 Å². The van der Waals surface area contributed by atoms with Crippen LogP contribution in [0.4, 0.5) is 8.78 Å². The first kappa shape index (κ1) is 22.3. The molecule has 5 heteroatoms. The molecule has 0 heterocycles. The summed E-state index contributed by atoms with van der Waals surface area (Å²) in [5.41, 5.74) is 4.26.